The Hall–Kier alpha value is -1.03. The zero-order chi connectivity index (χ0) is 15.3. The van der Waals surface area contributed by atoms with Gasteiger partial charge in [-0.2, -0.15) is 13.2 Å². The highest BCUT2D eigenvalue weighted by molar-refractivity contribution is 7.89. The highest BCUT2D eigenvalue weighted by atomic mass is 32.2. The van der Waals surface area contributed by atoms with Crippen LogP contribution in [0.2, 0.25) is 0 Å². The molecule has 0 aromatic carbocycles. The fourth-order valence-electron chi connectivity index (χ4n) is 1.35. The number of rotatable bonds is 7. The zero-order valence-electron chi connectivity index (χ0n) is 10.7. The predicted molar refractivity (Wildman–Crippen MR) is 64.3 cm³/mol. The molecule has 0 bridgehead atoms. The molecular formula is C9H18F3N3O3S. The minimum atomic E-state index is -4.37. The lowest BCUT2D eigenvalue weighted by Crippen LogP contribution is -2.39. The van der Waals surface area contributed by atoms with Crippen molar-refractivity contribution in [3.8, 4) is 0 Å². The van der Waals surface area contributed by atoms with Crippen molar-refractivity contribution in [3.63, 3.8) is 0 Å². The van der Waals surface area contributed by atoms with Gasteiger partial charge in [-0.1, -0.05) is 5.16 Å². The number of alkyl halides is 3. The molecule has 10 heteroatoms. The molecular weight excluding hydrogens is 287 g/mol. The van der Waals surface area contributed by atoms with Crippen LogP contribution >= 0.6 is 0 Å². The molecule has 0 fully saturated rings. The number of hydrogen-bond donors (Lipinski definition) is 2. The molecule has 6 nitrogen and oxygen atoms in total. The molecule has 0 saturated heterocycles. The van der Waals surface area contributed by atoms with Crippen molar-refractivity contribution in [3.05, 3.63) is 0 Å². The maximum absolute atomic E-state index is 11.9. The third kappa shape index (κ3) is 7.21. The van der Waals surface area contributed by atoms with Crippen LogP contribution in [0.25, 0.3) is 0 Å². The first kappa shape index (κ1) is 18.0. The molecule has 3 N–H and O–H groups in total. The van der Waals surface area contributed by atoms with Crippen LogP contribution < -0.4 is 5.73 Å². The van der Waals surface area contributed by atoms with Crippen LogP contribution in [0.15, 0.2) is 5.16 Å². The van der Waals surface area contributed by atoms with Gasteiger partial charge in [0.1, 0.15) is 5.84 Å². The minimum Gasteiger partial charge on any atom is -0.409 e. The zero-order valence-corrected chi connectivity index (χ0v) is 11.5. The Labute approximate surface area is 110 Å². The first-order chi connectivity index (χ1) is 8.49. The molecule has 0 aliphatic carbocycles. The van der Waals surface area contributed by atoms with Crippen LogP contribution in [-0.4, -0.2) is 48.8 Å². The number of amidine groups is 1. The van der Waals surface area contributed by atoms with E-state index in [0.29, 0.717) is 0 Å². The number of nitrogens with two attached hydrogens (primary N) is 1. The highest BCUT2D eigenvalue weighted by Gasteiger charge is 2.29. The number of sulfonamides is 1. The fraction of sp³-hybridized carbons (Fsp3) is 0.889. The van der Waals surface area contributed by atoms with Crippen molar-refractivity contribution < 1.29 is 26.8 Å². The molecule has 0 rings (SSSR count). The van der Waals surface area contributed by atoms with Gasteiger partial charge >= 0.3 is 6.18 Å². The van der Waals surface area contributed by atoms with Gasteiger partial charge in [0, 0.05) is 25.9 Å². The minimum absolute atomic E-state index is 0.00843. The van der Waals surface area contributed by atoms with Gasteiger partial charge in [-0.3, -0.25) is 0 Å². The van der Waals surface area contributed by atoms with Gasteiger partial charge < -0.3 is 10.9 Å². The molecule has 1 atom stereocenters. The molecule has 19 heavy (non-hydrogen) atoms. The van der Waals surface area contributed by atoms with Crippen LogP contribution in [0.5, 0.6) is 0 Å². The van der Waals surface area contributed by atoms with Crippen molar-refractivity contribution >= 4 is 15.9 Å². The average Bonchev–Trinajstić information content (AvgIpc) is 2.25. The number of hydrogen-bond acceptors (Lipinski definition) is 4. The molecule has 0 aliphatic heterocycles. The van der Waals surface area contributed by atoms with Crippen molar-refractivity contribution in [2.45, 2.75) is 38.4 Å². The second-order valence-electron chi connectivity index (χ2n) is 4.20. The summed E-state index contributed by atoms with van der Waals surface area (Å²) in [5, 5.41) is 11.1. The summed E-state index contributed by atoms with van der Waals surface area (Å²) in [6, 6.07) is -0.605. The number of oxime groups is 1. The Bertz CT molecular complexity index is 409. The van der Waals surface area contributed by atoms with Crippen molar-refractivity contribution in [2.24, 2.45) is 10.9 Å². The van der Waals surface area contributed by atoms with E-state index in [0.717, 1.165) is 4.31 Å². The Morgan fingerprint density at radius 1 is 1.47 bits per heavy atom. The summed E-state index contributed by atoms with van der Waals surface area (Å²) in [6.07, 6.45) is -6.01. The van der Waals surface area contributed by atoms with Crippen LogP contribution in [0, 0.1) is 0 Å². The summed E-state index contributed by atoms with van der Waals surface area (Å²) in [4.78, 5) is 0. The summed E-state index contributed by atoms with van der Waals surface area (Å²) in [5.41, 5.74) is 5.24. The molecule has 0 amide bonds. The van der Waals surface area contributed by atoms with E-state index in [1.165, 1.54) is 14.0 Å². The fourth-order valence-corrected chi connectivity index (χ4v) is 2.77. The quantitative estimate of drug-likeness (QED) is 0.319. The second kappa shape index (κ2) is 6.94. The summed E-state index contributed by atoms with van der Waals surface area (Å²) in [6.45, 7) is 1.51. The molecule has 0 heterocycles. The van der Waals surface area contributed by atoms with Crippen LogP contribution in [0.3, 0.4) is 0 Å². The summed E-state index contributed by atoms with van der Waals surface area (Å²) < 4.78 is 60.2. The van der Waals surface area contributed by atoms with E-state index in [-0.39, 0.29) is 12.3 Å². The Morgan fingerprint density at radius 3 is 2.42 bits per heavy atom. The van der Waals surface area contributed by atoms with Gasteiger partial charge in [0.15, 0.2) is 0 Å². The molecule has 0 spiro atoms. The molecule has 1 unspecified atom stereocenters. The third-order valence-electron chi connectivity index (χ3n) is 2.56. The molecule has 114 valence electrons. The van der Waals surface area contributed by atoms with Gasteiger partial charge in [0.2, 0.25) is 10.0 Å². The van der Waals surface area contributed by atoms with Crippen LogP contribution in [-0.2, 0) is 10.0 Å². The average molecular weight is 305 g/mol. The Kier molecular flexibility index (Phi) is 6.57. The van der Waals surface area contributed by atoms with Crippen molar-refractivity contribution in [1.82, 2.24) is 4.31 Å². The predicted octanol–water partition coefficient (Wildman–Crippen LogP) is 1.12. The third-order valence-corrected chi connectivity index (χ3v) is 4.60. The second-order valence-corrected chi connectivity index (χ2v) is 6.34. The first-order valence-corrected chi connectivity index (χ1v) is 7.09. The van der Waals surface area contributed by atoms with Crippen LogP contribution in [0.1, 0.15) is 26.2 Å². The monoisotopic (exact) mass is 305 g/mol. The smallest absolute Gasteiger partial charge is 0.389 e. The van der Waals surface area contributed by atoms with E-state index in [4.69, 9.17) is 10.9 Å². The molecule has 0 saturated carbocycles. The lowest BCUT2D eigenvalue weighted by atomic mass is 10.2. The summed E-state index contributed by atoms with van der Waals surface area (Å²) in [5.74, 6) is -0.742. The maximum Gasteiger partial charge on any atom is 0.389 e. The van der Waals surface area contributed by atoms with Gasteiger partial charge in [-0.25, -0.2) is 12.7 Å². The van der Waals surface area contributed by atoms with Crippen LogP contribution in [0.4, 0.5) is 13.2 Å². The highest BCUT2D eigenvalue weighted by Crippen LogP contribution is 2.22. The van der Waals surface area contributed by atoms with Gasteiger partial charge in [-0.05, 0) is 13.3 Å². The topological polar surface area (TPSA) is 96.0 Å². The van der Waals surface area contributed by atoms with Gasteiger partial charge in [0.25, 0.3) is 0 Å². The SMILES string of the molecule is CC(CC(N)=NO)N(C)S(=O)(=O)CCCC(F)(F)F. The van der Waals surface area contributed by atoms with E-state index < -0.39 is 40.8 Å². The Morgan fingerprint density at radius 2 is 2.00 bits per heavy atom. The maximum atomic E-state index is 11.9. The lowest BCUT2D eigenvalue weighted by Gasteiger charge is -2.23. The summed E-state index contributed by atoms with van der Waals surface area (Å²) >= 11 is 0. The molecule has 0 aliphatic rings. The largest absolute Gasteiger partial charge is 0.409 e. The molecule has 0 aromatic rings. The van der Waals surface area contributed by atoms with Crippen molar-refractivity contribution in [2.75, 3.05) is 12.8 Å². The lowest BCUT2D eigenvalue weighted by molar-refractivity contribution is -0.134. The standard InChI is InChI=1S/C9H18F3N3O3S/c1-7(6-8(13)14-16)15(2)19(17,18)5-3-4-9(10,11)12/h7,16H,3-6H2,1-2H3,(H2,13,14). The summed E-state index contributed by atoms with van der Waals surface area (Å²) in [7, 11) is -2.55. The van der Waals surface area contributed by atoms with Gasteiger partial charge in [0.05, 0.1) is 5.75 Å². The van der Waals surface area contributed by atoms with Crippen molar-refractivity contribution in [1.29, 1.82) is 0 Å². The van der Waals surface area contributed by atoms with E-state index >= 15 is 0 Å². The molecule has 0 radical (unpaired) electrons. The first-order valence-electron chi connectivity index (χ1n) is 5.48. The van der Waals surface area contributed by atoms with E-state index in [9.17, 15) is 21.6 Å². The molecule has 0 aromatic heterocycles. The van der Waals surface area contributed by atoms with E-state index in [1.54, 1.807) is 0 Å². The van der Waals surface area contributed by atoms with Gasteiger partial charge in [-0.15, -0.1) is 0 Å². The Balaban J connectivity index is 4.47. The van der Waals surface area contributed by atoms with E-state index in [2.05, 4.69) is 5.16 Å². The number of nitrogens with zero attached hydrogens (tertiary/aromatic N) is 2. The number of halogens is 3. The normalized spacial score (nSPS) is 15.8. The van der Waals surface area contributed by atoms with E-state index in [1.807, 2.05) is 0 Å².